The summed E-state index contributed by atoms with van der Waals surface area (Å²) in [6, 6.07) is 11.2. The number of hydrogen-bond acceptors (Lipinski definition) is 3. The maximum Gasteiger partial charge on any atom is 0.249 e. The molecule has 0 aliphatic heterocycles. The van der Waals surface area contributed by atoms with Gasteiger partial charge in [0.25, 0.3) is 0 Å². The van der Waals surface area contributed by atoms with E-state index >= 15 is 0 Å². The summed E-state index contributed by atoms with van der Waals surface area (Å²) in [4.78, 5) is 20.1. The van der Waals surface area contributed by atoms with Crippen LogP contribution in [0.25, 0.3) is 28.1 Å². The van der Waals surface area contributed by atoms with Gasteiger partial charge in [0.05, 0.1) is 16.8 Å². The van der Waals surface area contributed by atoms with Crippen molar-refractivity contribution in [2.24, 2.45) is 5.73 Å². The number of amides is 1. The molecule has 0 radical (unpaired) electrons. The molecule has 0 aliphatic carbocycles. The molecule has 4 nitrogen and oxygen atoms in total. The molecule has 2 aromatic heterocycles. The zero-order valence-electron chi connectivity index (χ0n) is 11.3. The molecular formula is C17H13N3O. The number of carbonyl (C=O) groups excluding carboxylic acids is 1. The predicted molar refractivity (Wildman–Crippen MR) is 83.6 cm³/mol. The number of rotatable bonds is 3. The Balaban J connectivity index is 2.28. The van der Waals surface area contributed by atoms with Crippen LogP contribution in [0.5, 0.6) is 0 Å². The van der Waals surface area contributed by atoms with Gasteiger partial charge in [0.15, 0.2) is 0 Å². The van der Waals surface area contributed by atoms with Crippen molar-refractivity contribution in [1.82, 2.24) is 9.97 Å². The predicted octanol–water partition coefficient (Wildman–Crippen LogP) is 3.04. The van der Waals surface area contributed by atoms with Gasteiger partial charge in [0.1, 0.15) is 0 Å². The van der Waals surface area contributed by atoms with Crippen LogP contribution in [0.3, 0.4) is 0 Å². The van der Waals surface area contributed by atoms with Crippen LogP contribution >= 0.6 is 0 Å². The number of pyridine rings is 2. The summed E-state index contributed by atoms with van der Waals surface area (Å²) in [6.07, 6.45) is 5.01. The molecule has 3 aromatic rings. The van der Waals surface area contributed by atoms with Crippen molar-refractivity contribution < 1.29 is 4.79 Å². The van der Waals surface area contributed by atoms with Crippen molar-refractivity contribution in [1.29, 1.82) is 0 Å². The number of nitrogens with zero attached hydrogens (tertiary/aromatic N) is 2. The molecule has 3 rings (SSSR count). The van der Waals surface area contributed by atoms with Crippen molar-refractivity contribution in [2.45, 2.75) is 0 Å². The highest BCUT2D eigenvalue weighted by atomic mass is 16.1. The molecule has 0 spiro atoms. The molecule has 4 heteroatoms. The van der Waals surface area contributed by atoms with E-state index in [1.54, 1.807) is 24.5 Å². The smallest absolute Gasteiger partial charge is 0.249 e. The molecule has 102 valence electrons. The Morgan fingerprint density at radius 1 is 1.14 bits per heavy atom. The number of fused-ring (bicyclic) bond motifs is 1. The van der Waals surface area contributed by atoms with Gasteiger partial charge in [0.2, 0.25) is 5.91 Å². The quantitative estimate of drug-likeness (QED) is 0.798. The SMILES string of the molecule is C=Cc1ncccc1-c1ccc2nccc(C(N)=O)c2c1. The van der Waals surface area contributed by atoms with Gasteiger partial charge >= 0.3 is 0 Å². The van der Waals surface area contributed by atoms with Gasteiger partial charge < -0.3 is 5.73 Å². The minimum atomic E-state index is -0.463. The van der Waals surface area contributed by atoms with Gasteiger partial charge in [-0.25, -0.2) is 0 Å². The van der Waals surface area contributed by atoms with E-state index in [1.807, 2.05) is 30.3 Å². The maximum absolute atomic E-state index is 11.6. The molecule has 0 saturated carbocycles. The highest BCUT2D eigenvalue weighted by Crippen LogP contribution is 2.27. The molecular weight excluding hydrogens is 262 g/mol. The Hall–Kier alpha value is -3.01. The van der Waals surface area contributed by atoms with E-state index in [0.29, 0.717) is 5.56 Å². The minimum absolute atomic E-state index is 0.463. The van der Waals surface area contributed by atoms with Gasteiger partial charge in [-0.1, -0.05) is 18.7 Å². The monoisotopic (exact) mass is 275 g/mol. The summed E-state index contributed by atoms with van der Waals surface area (Å²) < 4.78 is 0. The lowest BCUT2D eigenvalue weighted by molar-refractivity contribution is 0.100. The fourth-order valence-electron chi connectivity index (χ4n) is 2.35. The lowest BCUT2D eigenvalue weighted by Crippen LogP contribution is -2.11. The molecule has 0 fully saturated rings. The largest absolute Gasteiger partial charge is 0.366 e. The zero-order valence-corrected chi connectivity index (χ0v) is 11.3. The third-order valence-electron chi connectivity index (χ3n) is 3.35. The molecule has 0 atom stereocenters. The van der Waals surface area contributed by atoms with Crippen LogP contribution in [0, 0.1) is 0 Å². The van der Waals surface area contributed by atoms with E-state index in [2.05, 4.69) is 16.5 Å². The highest BCUT2D eigenvalue weighted by molar-refractivity contribution is 6.06. The zero-order chi connectivity index (χ0) is 14.8. The Labute approximate surface area is 122 Å². The van der Waals surface area contributed by atoms with Crippen LogP contribution in [0.2, 0.25) is 0 Å². The Morgan fingerprint density at radius 2 is 2.00 bits per heavy atom. The minimum Gasteiger partial charge on any atom is -0.366 e. The van der Waals surface area contributed by atoms with E-state index in [-0.39, 0.29) is 0 Å². The Morgan fingerprint density at radius 3 is 2.76 bits per heavy atom. The van der Waals surface area contributed by atoms with Crippen molar-refractivity contribution in [3.8, 4) is 11.1 Å². The molecule has 1 aromatic carbocycles. The van der Waals surface area contributed by atoms with E-state index in [4.69, 9.17) is 5.73 Å². The van der Waals surface area contributed by atoms with E-state index < -0.39 is 5.91 Å². The molecule has 1 amide bonds. The Kier molecular flexibility index (Phi) is 3.20. The number of carbonyl (C=O) groups is 1. The summed E-state index contributed by atoms with van der Waals surface area (Å²) in [5.74, 6) is -0.463. The average molecular weight is 275 g/mol. The number of benzene rings is 1. The number of hydrogen-bond donors (Lipinski definition) is 1. The summed E-state index contributed by atoms with van der Waals surface area (Å²) >= 11 is 0. The van der Waals surface area contributed by atoms with Crippen molar-refractivity contribution in [3.05, 3.63) is 66.6 Å². The summed E-state index contributed by atoms with van der Waals surface area (Å²) in [5.41, 5.74) is 9.32. The number of aromatic nitrogens is 2. The molecule has 0 saturated heterocycles. The van der Waals surface area contributed by atoms with E-state index in [9.17, 15) is 4.79 Å². The van der Waals surface area contributed by atoms with Gasteiger partial charge in [-0.15, -0.1) is 0 Å². The van der Waals surface area contributed by atoms with E-state index in [0.717, 1.165) is 27.7 Å². The molecule has 0 unspecified atom stereocenters. The molecule has 21 heavy (non-hydrogen) atoms. The first-order valence-electron chi connectivity index (χ1n) is 6.47. The second-order valence-corrected chi connectivity index (χ2v) is 4.60. The van der Waals surface area contributed by atoms with Gasteiger partial charge in [0, 0.05) is 23.3 Å². The summed E-state index contributed by atoms with van der Waals surface area (Å²) in [7, 11) is 0. The Bertz CT molecular complexity index is 856. The fraction of sp³-hybridized carbons (Fsp3) is 0. The van der Waals surface area contributed by atoms with Gasteiger partial charge in [-0.05, 0) is 35.9 Å². The number of primary amides is 1. The van der Waals surface area contributed by atoms with E-state index in [1.165, 1.54) is 0 Å². The standard InChI is InChI=1S/C17H13N3O/c1-2-15-12(4-3-8-19-15)11-5-6-16-14(10-11)13(17(18)21)7-9-20-16/h2-10H,1H2,(H2,18,21). The van der Waals surface area contributed by atoms with Gasteiger partial charge in [-0.2, -0.15) is 0 Å². The van der Waals surface area contributed by atoms with Crippen LogP contribution in [-0.2, 0) is 0 Å². The van der Waals surface area contributed by atoms with Crippen LogP contribution in [0.4, 0.5) is 0 Å². The third kappa shape index (κ3) is 2.27. The topological polar surface area (TPSA) is 68.9 Å². The maximum atomic E-state index is 11.6. The van der Waals surface area contributed by atoms with Crippen molar-refractivity contribution >= 4 is 22.9 Å². The summed E-state index contributed by atoms with van der Waals surface area (Å²) in [5, 5.41) is 0.737. The van der Waals surface area contributed by atoms with Crippen molar-refractivity contribution in [2.75, 3.05) is 0 Å². The molecule has 2 heterocycles. The summed E-state index contributed by atoms with van der Waals surface area (Å²) in [6.45, 7) is 3.78. The molecule has 2 N–H and O–H groups in total. The first-order chi connectivity index (χ1) is 10.2. The highest BCUT2D eigenvalue weighted by Gasteiger charge is 2.10. The fourth-order valence-corrected chi connectivity index (χ4v) is 2.35. The molecule has 0 bridgehead atoms. The van der Waals surface area contributed by atoms with Gasteiger partial charge in [-0.3, -0.25) is 14.8 Å². The first kappa shape index (κ1) is 13.0. The third-order valence-corrected chi connectivity index (χ3v) is 3.35. The van der Waals surface area contributed by atoms with Crippen LogP contribution < -0.4 is 5.73 Å². The average Bonchev–Trinajstić information content (AvgIpc) is 2.53. The van der Waals surface area contributed by atoms with Crippen LogP contribution in [0.15, 0.2) is 55.4 Å². The lowest BCUT2D eigenvalue weighted by atomic mass is 9.99. The lowest BCUT2D eigenvalue weighted by Gasteiger charge is -2.08. The van der Waals surface area contributed by atoms with Crippen LogP contribution in [0.1, 0.15) is 16.1 Å². The first-order valence-corrected chi connectivity index (χ1v) is 6.47. The van der Waals surface area contributed by atoms with Crippen molar-refractivity contribution in [3.63, 3.8) is 0 Å². The van der Waals surface area contributed by atoms with Crippen LogP contribution in [-0.4, -0.2) is 15.9 Å². The second-order valence-electron chi connectivity index (χ2n) is 4.60. The number of nitrogens with two attached hydrogens (primary N) is 1. The second kappa shape index (κ2) is 5.17. The normalized spacial score (nSPS) is 10.5. The molecule has 0 aliphatic rings.